The number of halogens is 1. The minimum Gasteiger partial charge on any atom is -0.368 e. The van der Waals surface area contributed by atoms with Gasteiger partial charge < -0.3 is 15.1 Å². The van der Waals surface area contributed by atoms with Gasteiger partial charge in [-0.2, -0.15) is 4.98 Å². The summed E-state index contributed by atoms with van der Waals surface area (Å²) in [6, 6.07) is 9.96. The summed E-state index contributed by atoms with van der Waals surface area (Å²) in [7, 11) is 0. The van der Waals surface area contributed by atoms with Gasteiger partial charge in [0.05, 0.1) is 0 Å². The summed E-state index contributed by atoms with van der Waals surface area (Å²) in [5, 5.41) is 4.01. The highest BCUT2D eigenvalue weighted by molar-refractivity contribution is 6.30. The van der Waals surface area contributed by atoms with Gasteiger partial charge in [0.15, 0.2) is 0 Å². The molecule has 0 radical (unpaired) electrons. The number of anilines is 3. The summed E-state index contributed by atoms with van der Waals surface area (Å²) in [5.41, 5.74) is 2.13. The van der Waals surface area contributed by atoms with Crippen LogP contribution >= 0.6 is 11.6 Å². The van der Waals surface area contributed by atoms with Crippen LogP contribution in [0.3, 0.4) is 0 Å². The lowest BCUT2D eigenvalue weighted by Crippen LogP contribution is -2.47. The van der Waals surface area contributed by atoms with Crippen molar-refractivity contribution in [1.29, 1.82) is 0 Å². The van der Waals surface area contributed by atoms with Crippen LogP contribution in [0.5, 0.6) is 0 Å². The van der Waals surface area contributed by atoms with Gasteiger partial charge in [-0.15, -0.1) is 6.58 Å². The molecule has 1 aromatic heterocycles. The van der Waals surface area contributed by atoms with Crippen LogP contribution in [0.15, 0.2) is 43.0 Å². The molecule has 0 saturated carbocycles. The molecule has 1 aliphatic rings. The number of benzene rings is 1. The van der Waals surface area contributed by atoms with Crippen LogP contribution < -0.4 is 15.1 Å². The van der Waals surface area contributed by atoms with E-state index in [0.717, 1.165) is 48.7 Å². The summed E-state index contributed by atoms with van der Waals surface area (Å²) in [5.74, 6) is 1.63. The van der Waals surface area contributed by atoms with Crippen molar-refractivity contribution in [2.24, 2.45) is 0 Å². The third kappa shape index (κ3) is 3.97. The molecular weight excluding hydrogens is 322 g/mol. The molecule has 1 aromatic carbocycles. The van der Waals surface area contributed by atoms with Crippen LogP contribution in [-0.4, -0.2) is 42.7 Å². The zero-order valence-electron chi connectivity index (χ0n) is 13.9. The predicted octanol–water partition coefficient (Wildman–Crippen LogP) is 3.36. The molecule has 1 saturated heterocycles. The second-order valence-corrected chi connectivity index (χ2v) is 6.25. The second kappa shape index (κ2) is 7.53. The van der Waals surface area contributed by atoms with E-state index >= 15 is 0 Å². The highest BCUT2D eigenvalue weighted by Crippen LogP contribution is 2.22. The Morgan fingerprint density at radius 3 is 2.62 bits per heavy atom. The molecule has 0 unspecified atom stereocenters. The van der Waals surface area contributed by atoms with Crippen molar-refractivity contribution in [3.63, 3.8) is 0 Å². The molecule has 0 aliphatic carbocycles. The monoisotopic (exact) mass is 343 g/mol. The van der Waals surface area contributed by atoms with Gasteiger partial charge in [-0.25, -0.2) is 4.98 Å². The Hall–Kier alpha value is -2.27. The van der Waals surface area contributed by atoms with Gasteiger partial charge in [-0.1, -0.05) is 23.7 Å². The fraction of sp³-hybridized carbons (Fsp3) is 0.333. The molecule has 1 fully saturated rings. The van der Waals surface area contributed by atoms with Crippen LogP contribution in [0.25, 0.3) is 0 Å². The molecular formula is C18H22ClN5. The first-order valence-electron chi connectivity index (χ1n) is 8.11. The zero-order chi connectivity index (χ0) is 16.9. The molecule has 2 aromatic rings. The lowest BCUT2D eigenvalue weighted by Gasteiger charge is -2.36. The molecule has 0 spiro atoms. The van der Waals surface area contributed by atoms with Crippen LogP contribution in [0.1, 0.15) is 5.69 Å². The van der Waals surface area contributed by atoms with Crippen LogP contribution in [0.4, 0.5) is 17.5 Å². The number of hydrogen-bond acceptors (Lipinski definition) is 5. The summed E-state index contributed by atoms with van der Waals surface area (Å²) in [6.07, 6.45) is 1.82. The fourth-order valence-electron chi connectivity index (χ4n) is 2.80. The molecule has 0 atom stereocenters. The molecule has 126 valence electrons. The number of piperazine rings is 1. The van der Waals surface area contributed by atoms with Crippen molar-refractivity contribution in [2.45, 2.75) is 6.92 Å². The Kier molecular flexibility index (Phi) is 5.20. The highest BCUT2D eigenvalue weighted by atomic mass is 35.5. The quantitative estimate of drug-likeness (QED) is 0.843. The zero-order valence-corrected chi connectivity index (χ0v) is 14.6. The van der Waals surface area contributed by atoms with E-state index in [1.54, 1.807) is 0 Å². The summed E-state index contributed by atoms with van der Waals surface area (Å²) < 4.78 is 0. The van der Waals surface area contributed by atoms with Crippen LogP contribution in [0.2, 0.25) is 5.02 Å². The van der Waals surface area contributed by atoms with Crippen molar-refractivity contribution in [2.75, 3.05) is 47.8 Å². The van der Waals surface area contributed by atoms with Crippen molar-refractivity contribution < 1.29 is 0 Å². The van der Waals surface area contributed by atoms with Crippen molar-refractivity contribution in [3.8, 4) is 0 Å². The SMILES string of the molecule is C=CCNc1cc(C)nc(N2CCN(c3cccc(Cl)c3)CC2)n1. The molecule has 24 heavy (non-hydrogen) atoms. The van der Waals surface area contributed by atoms with Crippen LogP contribution in [-0.2, 0) is 0 Å². The Labute approximate surface area is 148 Å². The second-order valence-electron chi connectivity index (χ2n) is 5.82. The third-order valence-electron chi connectivity index (χ3n) is 4.01. The first-order chi connectivity index (χ1) is 11.7. The minimum atomic E-state index is 0.693. The van der Waals surface area contributed by atoms with E-state index in [1.807, 2.05) is 37.3 Å². The van der Waals surface area contributed by atoms with Gasteiger partial charge in [0, 0.05) is 55.2 Å². The van der Waals surface area contributed by atoms with Crippen molar-refractivity contribution in [3.05, 3.63) is 53.7 Å². The maximum atomic E-state index is 6.09. The van der Waals surface area contributed by atoms with E-state index in [-0.39, 0.29) is 0 Å². The van der Waals surface area contributed by atoms with E-state index in [2.05, 4.69) is 37.7 Å². The van der Waals surface area contributed by atoms with Crippen molar-refractivity contribution >= 4 is 29.1 Å². The lowest BCUT2D eigenvalue weighted by molar-refractivity contribution is 0.639. The predicted molar refractivity (Wildman–Crippen MR) is 101 cm³/mol. The van der Waals surface area contributed by atoms with Gasteiger partial charge in [0.25, 0.3) is 0 Å². The van der Waals surface area contributed by atoms with E-state index < -0.39 is 0 Å². The molecule has 0 bridgehead atoms. The van der Waals surface area contributed by atoms with Gasteiger partial charge >= 0.3 is 0 Å². The number of aryl methyl sites for hydroxylation is 1. The maximum absolute atomic E-state index is 6.09. The first kappa shape index (κ1) is 16.6. The van der Waals surface area contributed by atoms with Crippen LogP contribution in [0, 0.1) is 6.92 Å². The molecule has 6 heteroatoms. The average molecular weight is 344 g/mol. The molecule has 3 rings (SSSR count). The minimum absolute atomic E-state index is 0.693. The summed E-state index contributed by atoms with van der Waals surface area (Å²) in [6.45, 7) is 10.0. The number of nitrogens with zero attached hydrogens (tertiary/aromatic N) is 4. The Bertz CT molecular complexity index is 710. The molecule has 1 N–H and O–H groups in total. The topological polar surface area (TPSA) is 44.3 Å². The third-order valence-corrected chi connectivity index (χ3v) is 4.24. The summed E-state index contributed by atoms with van der Waals surface area (Å²) in [4.78, 5) is 13.8. The van der Waals surface area contributed by atoms with E-state index in [1.165, 1.54) is 5.69 Å². The van der Waals surface area contributed by atoms with Gasteiger partial charge in [-0.05, 0) is 25.1 Å². The molecule has 1 aliphatic heterocycles. The van der Waals surface area contributed by atoms with Gasteiger partial charge in [-0.3, -0.25) is 0 Å². The number of aromatic nitrogens is 2. The number of rotatable bonds is 5. The molecule has 5 nitrogen and oxygen atoms in total. The largest absolute Gasteiger partial charge is 0.368 e. The van der Waals surface area contributed by atoms with Gasteiger partial charge in [0.2, 0.25) is 5.95 Å². The normalized spacial score (nSPS) is 14.6. The number of nitrogens with one attached hydrogen (secondary N) is 1. The van der Waals surface area contributed by atoms with E-state index in [0.29, 0.717) is 6.54 Å². The van der Waals surface area contributed by atoms with Crippen molar-refractivity contribution in [1.82, 2.24) is 9.97 Å². The molecule has 0 amide bonds. The maximum Gasteiger partial charge on any atom is 0.227 e. The standard InChI is InChI=1S/C18H22ClN5/c1-3-7-20-17-12-14(2)21-18(22-17)24-10-8-23(9-11-24)16-6-4-5-15(19)13-16/h3-6,12-13H,1,7-11H2,2H3,(H,20,21,22). The van der Waals surface area contributed by atoms with E-state index in [4.69, 9.17) is 11.6 Å². The molecule has 2 heterocycles. The Morgan fingerprint density at radius 2 is 1.92 bits per heavy atom. The number of hydrogen-bond donors (Lipinski definition) is 1. The van der Waals surface area contributed by atoms with E-state index in [9.17, 15) is 0 Å². The smallest absolute Gasteiger partial charge is 0.227 e. The summed E-state index contributed by atoms with van der Waals surface area (Å²) >= 11 is 6.09. The lowest BCUT2D eigenvalue weighted by atomic mass is 10.2. The van der Waals surface area contributed by atoms with Gasteiger partial charge in [0.1, 0.15) is 5.82 Å². The Morgan fingerprint density at radius 1 is 1.17 bits per heavy atom. The highest BCUT2D eigenvalue weighted by Gasteiger charge is 2.20. The average Bonchev–Trinajstić information content (AvgIpc) is 2.60. The first-order valence-corrected chi connectivity index (χ1v) is 8.49. The fourth-order valence-corrected chi connectivity index (χ4v) is 2.98. The Balaban J connectivity index is 1.68.